The van der Waals surface area contributed by atoms with Crippen molar-refractivity contribution in [2.24, 2.45) is 12.2 Å². The standard InChI is InChI=1S/C23H26N6O3S/c1-29-14-16(13-25-29)26-21-12-20-19(11-22(21)32-17-7-3-2-4-8-17)23(28-27-20)15-6-5-9-18(10-15)33(24,30)31/h5-6,9-14,17,26H,2-4,7-8H2,1H3,(H,27,28)(H2,24,30,31). The number of sulfonamides is 1. The van der Waals surface area contributed by atoms with Crippen molar-refractivity contribution in [1.29, 1.82) is 0 Å². The number of nitrogens with zero attached hydrogens (tertiary/aromatic N) is 3. The second kappa shape index (κ2) is 8.53. The zero-order chi connectivity index (χ0) is 23.0. The average molecular weight is 467 g/mol. The molecule has 1 fully saturated rings. The molecule has 33 heavy (non-hydrogen) atoms. The summed E-state index contributed by atoms with van der Waals surface area (Å²) in [5.74, 6) is 0.725. The van der Waals surface area contributed by atoms with Gasteiger partial charge in [-0.2, -0.15) is 10.2 Å². The first-order chi connectivity index (χ1) is 15.9. The van der Waals surface area contributed by atoms with Crippen molar-refractivity contribution >= 4 is 32.3 Å². The Bertz CT molecular complexity index is 1400. The number of hydrogen-bond donors (Lipinski definition) is 3. The molecule has 4 N–H and O–H groups in total. The number of aromatic nitrogens is 4. The Hall–Kier alpha value is -3.37. The number of nitrogens with two attached hydrogens (primary N) is 1. The van der Waals surface area contributed by atoms with Crippen LogP contribution in [-0.4, -0.2) is 34.5 Å². The Morgan fingerprint density at radius 1 is 1.18 bits per heavy atom. The van der Waals surface area contributed by atoms with E-state index in [9.17, 15) is 8.42 Å². The molecule has 0 amide bonds. The van der Waals surface area contributed by atoms with E-state index >= 15 is 0 Å². The fourth-order valence-corrected chi connectivity index (χ4v) is 4.84. The molecule has 172 valence electrons. The van der Waals surface area contributed by atoms with Crippen molar-refractivity contribution in [3.8, 4) is 17.0 Å². The van der Waals surface area contributed by atoms with Crippen molar-refractivity contribution in [3.05, 3.63) is 48.8 Å². The third-order valence-electron chi connectivity index (χ3n) is 5.93. The molecule has 10 heteroatoms. The molecule has 1 aliphatic rings. The van der Waals surface area contributed by atoms with Gasteiger partial charge in [0.15, 0.2) is 0 Å². The summed E-state index contributed by atoms with van der Waals surface area (Å²) in [5, 5.41) is 21.3. The van der Waals surface area contributed by atoms with E-state index in [-0.39, 0.29) is 11.0 Å². The van der Waals surface area contributed by atoms with Crippen molar-refractivity contribution in [3.63, 3.8) is 0 Å². The number of fused-ring (bicyclic) bond motifs is 1. The number of aromatic amines is 1. The van der Waals surface area contributed by atoms with Crippen LogP contribution in [0.5, 0.6) is 5.75 Å². The van der Waals surface area contributed by atoms with E-state index in [0.29, 0.717) is 11.3 Å². The molecule has 4 aromatic rings. The van der Waals surface area contributed by atoms with Crippen molar-refractivity contribution in [2.75, 3.05) is 5.32 Å². The summed E-state index contributed by atoms with van der Waals surface area (Å²) in [7, 11) is -1.95. The monoisotopic (exact) mass is 466 g/mol. The highest BCUT2D eigenvalue weighted by molar-refractivity contribution is 7.89. The second-order valence-electron chi connectivity index (χ2n) is 8.44. The lowest BCUT2D eigenvalue weighted by Gasteiger charge is -2.24. The predicted molar refractivity (Wildman–Crippen MR) is 127 cm³/mol. The number of ether oxygens (including phenoxy) is 1. The predicted octanol–water partition coefficient (Wildman–Crippen LogP) is 4.07. The van der Waals surface area contributed by atoms with E-state index in [0.717, 1.165) is 53.7 Å². The van der Waals surface area contributed by atoms with E-state index in [1.165, 1.54) is 18.6 Å². The molecule has 0 aliphatic heterocycles. The van der Waals surface area contributed by atoms with Crippen LogP contribution in [0.2, 0.25) is 0 Å². The number of hydrogen-bond acceptors (Lipinski definition) is 6. The first-order valence-electron chi connectivity index (χ1n) is 10.9. The van der Waals surface area contributed by atoms with E-state index < -0.39 is 10.0 Å². The number of nitrogens with one attached hydrogen (secondary N) is 2. The van der Waals surface area contributed by atoms with Gasteiger partial charge in [0.05, 0.1) is 34.1 Å². The van der Waals surface area contributed by atoms with Crippen LogP contribution < -0.4 is 15.2 Å². The minimum Gasteiger partial charge on any atom is -0.488 e. The van der Waals surface area contributed by atoms with E-state index in [1.807, 2.05) is 31.4 Å². The van der Waals surface area contributed by atoms with Crippen LogP contribution in [0.15, 0.2) is 53.7 Å². The SMILES string of the molecule is Cn1cc(Nc2cc3[nH]nc(-c4cccc(S(N)(=O)=O)c4)c3cc2OC2CCCCC2)cn1. The van der Waals surface area contributed by atoms with Crippen LogP contribution in [0.3, 0.4) is 0 Å². The van der Waals surface area contributed by atoms with E-state index in [4.69, 9.17) is 9.88 Å². The van der Waals surface area contributed by atoms with Gasteiger partial charge in [0.25, 0.3) is 0 Å². The van der Waals surface area contributed by atoms with Gasteiger partial charge in [-0.1, -0.05) is 18.6 Å². The molecule has 0 radical (unpaired) electrons. The Labute approximate surface area is 192 Å². The maximum absolute atomic E-state index is 11.8. The highest BCUT2D eigenvalue weighted by Gasteiger charge is 2.20. The van der Waals surface area contributed by atoms with E-state index in [1.54, 1.807) is 16.9 Å². The molecule has 2 heterocycles. The fourth-order valence-electron chi connectivity index (χ4n) is 4.28. The highest BCUT2D eigenvalue weighted by Crippen LogP contribution is 2.38. The Balaban J connectivity index is 1.58. The van der Waals surface area contributed by atoms with Crippen molar-refractivity contribution < 1.29 is 13.2 Å². The van der Waals surface area contributed by atoms with Gasteiger partial charge in [0.1, 0.15) is 11.4 Å². The molecule has 2 aromatic carbocycles. The Morgan fingerprint density at radius 2 is 2.00 bits per heavy atom. The largest absolute Gasteiger partial charge is 0.488 e. The summed E-state index contributed by atoms with van der Waals surface area (Å²) >= 11 is 0. The lowest BCUT2D eigenvalue weighted by Crippen LogP contribution is -2.20. The molecule has 5 rings (SSSR count). The molecule has 1 saturated carbocycles. The summed E-state index contributed by atoms with van der Waals surface area (Å²) in [5.41, 5.74) is 3.76. The maximum atomic E-state index is 11.8. The third kappa shape index (κ3) is 4.57. The van der Waals surface area contributed by atoms with E-state index in [2.05, 4.69) is 20.6 Å². The first-order valence-corrected chi connectivity index (χ1v) is 12.5. The smallest absolute Gasteiger partial charge is 0.238 e. The number of anilines is 2. The van der Waals surface area contributed by atoms with Crippen molar-refractivity contribution in [1.82, 2.24) is 20.0 Å². The second-order valence-corrected chi connectivity index (χ2v) is 10.0. The lowest BCUT2D eigenvalue weighted by molar-refractivity contribution is 0.156. The van der Waals surface area contributed by atoms with Gasteiger partial charge >= 0.3 is 0 Å². The Morgan fingerprint density at radius 3 is 2.73 bits per heavy atom. The van der Waals surface area contributed by atoms with Crippen LogP contribution in [0, 0.1) is 0 Å². The van der Waals surface area contributed by atoms with Gasteiger partial charge < -0.3 is 10.1 Å². The summed E-state index contributed by atoms with van der Waals surface area (Å²) in [6.45, 7) is 0. The van der Waals surface area contributed by atoms with Gasteiger partial charge in [0.2, 0.25) is 10.0 Å². The average Bonchev–Trinajstić information content (AvgIpc) is 3.40. The third-order valence-corrected chi connectivity index (χ3v) is 6.84. The van der Waals surface area contributed by atoms with Crippen LogP contribution in [0.25, 0.3) is 22.2 Å². The minimum absolute atomic E-state index is 0.0460. The summed E-state index contributed by atoms with van der Waals surface area (Å²) < 4.78 is 31.9. The van der Waals surface area contributed by atoms with Gasteiger partial charge in [0, 0.05) is 24.2 Å². The molecule has 1 aliphatic carbocycles. The Kier molecular flexibility index (Phi) is 5.55. The lowest BCUT2D eigenvalue weighted by atomic mass is 9.97. The molecule has 0 atom stereocenters. The molecule has 0 saturated heterocycles. The summed E-state index contributed by atoms with van der Waals surface area (Å²) in [4.78, 5) is 0.0460. The zero-order valence-electron chi connectivity index (χ0n) is 18.3. The van der Waals surface area contributed by atoms with Gasteiger partial charge in [-0.15, -0.1) is 0 Å². The zero-order valence-corrected chi connectivity index (χ0v) is 19.1. The summed E-state index contributed by atoms with van der Waals surface area (Å²) in [6.07, 6.45) is 9.43. The molecule has 0 bridgehead atoms. The molecular weight excluding hydrogens is 440 g/mol. The quantitative estimate of drug-likeness (QED) is 0.393. The van der Waals surface area contributed by atoms with Crippen molar-refractivity contribution in [2.45, 2.75) is 43.1 Å². The molecule has 9 nitrogen and oxygen atoms in total. The first kappa shape index (κ1) is 21.5. The van der Waals surface area contributed by atoms with Crippen LogP contribution in [0.4, 0.5) is 11.4 Å². The number of H-pyrrole nitrogens is 1. The molecule has 0 unspecified atom stereocenters. The van der Waals surface area contributed by atoms with Gasteiger partial charge in [-0.05, 0) is 49.9 Å². The van der Waals surface area contributed by atoms with Crippen LogP contribution in [-0.2, 0) is 17.1 Å². The molecule has 0 spiro atoms. The fraction of sp³-hybridized carbons (Fsp3) is 0.304. The van der Waals surface area contributed by atoms with Gasteiger partial charge in [-0.3, -0.25) is 9.78 Å². The highest BCUT2D eigenvalue weighted by atomic mass is 32.2. The topological polar surface area (TPSA) is 128 Å². The number of primary sulfonamides is 1. The van der Waals surface area contributed by atoms with Crippen LogP contribution >= 0.6 is 0 Å². The number of aryl methyl sites for hydroxylation is 1. The normalized spacial score (nSPS) is 15.1. The molecule has 2 aromatic heterocycles. The van der Waals surface area contributed by atoms with Crippen LogP contribution in [0.1, 0.15) is 32.1 Å². The molecular formula is C23H26N6O3S. The minimum atomic E-state index is -3.82. The number of rotatable bonds is 6. The summed E-state index contributed by atoms with van der Waals surface area (Å²) in [6, 6.07) is 10.4. The number of benzene rings is 2. The maximum Gasteiger partial charge on any atom is 0.238 e. The van der Waals surface area contributed by atoms with Gasteiger partial charge in [-0.25, -0.2) is 13.6 Å².